The number of amides is 1. The Morgan fingerprint density at radius 1 is 0.871 bits per heavy atom. The number of nitrogens with one attached hydrogen (secondary N) is 3. The molecule has 2 aromatic rings. The summed E-state index contributed by atoms with van der Waals surface area (Å²) in [6.07, 6.45) is 0. The maximum Gasteiger partial charge on any atom is 0.337 e. The third-order valence-corrected chi connectivity index (χ3v) is 5.45. The molecule has 2 aromatic carbocycles. The van der Waals surface area contributed by atoms with Gasteiger partial charge in [0.1, 0.15) is 50.8 Å². The zero-order valence-electron chi connectivity index (χ0n) is 18.1. The summed E-state index contributed by atoms with van der Waals surface area (Å²) >= 11 is 0. The number of ether oxygens (including phenoxy) is 3. The molecule has 0 saturated carbocycles. The van der Waals surface area contributed by atoms with Crippen LogP contribution in [0.15, 0.2) is 48.5 Å². The van der Waals surface area contributed by atoms with Crippen molar-refractivity contribution in [2.45, 2.75) is 0 Å². The van der Waals surface area contributed by atoms with Gasteiger partial charge in [0, 0.05) is 5.69 Å². The standard InChI is InChI=1S/C23H29N3O5/c1-29-20-7-9-21(10-8-20)31-16-15-25-11-13-26(14-12-25)17-22(27)24-19-5-3-18(4-6-19)23(28)30-2/h3-10H,11-17H2,1-2H3,(H,24,27)/p+2. The molecule has 0 bridgehead atoms. The highest BCUT2D eigenvalue weighted by Crippen LogP contribution is 2.16. The normalized spacial score (nSPS) is 18.1. The molecule has 31 heavy (non-hydrogen) atoms. The van der Waals surface area contributed by atoms with Gasteiger partial charge in [0.25, 0.3) is 5.91 Å². The number of carbonyl (C=O) groups is 2. The van der Waals surface area contributed by atoms with Crippen LogP contribution in [0.25, 0.3) is 0 Å². The second-order valence-electron chi connectivity index (χ2n) is 7.57. The number of quaternary nitrogens is 2. The molecule has 0 unspecified atom stereocenters. The van der Waals surface area contributed by atoms with Gasteiger partial charge in [-0.2, -0.15) is 0 Å². The van der Waals surface area contributed by atoms with E-state index in [9.17, 15) is 9.59 Å². The fourth-order valence-electron chi connectivity index (χ4n) is 3.61. The van der Waals surface area contributed by atoms with E-state index in [0.717, 1.165) is 44.2 Å². The topological polar surface area (TPSA) is 82.7 Å². The zero-order valence-corrected chi connectivity index (χ0v) is 18.1. The van der Waals surface area contributed by atoms with Crippen molar-refractivity contribution in [2.24, 2.45) is 0 Å². The maximum atomic E-state index is 12.4. The number of piperazine rings is 1. The van der Waals surface area contributed by atoms with Crippen LogP contribution in [-0.2, 0) is 9.53 Å². The number of methoxy groups -OCH3 is 2. The van der Waals surface area contributed by atoms with Gasteiger partial charge in [-0.05, 0) is 48.5 Å². The molecule has 1 fully saturated rings. The molecule has 0 aromatic heterocycles. The van der Waals surface area contributed by atoms with Gasteiger partial charge < -0.3 is 29.3 Å². The third kappa shape index (κ3) is 6.97. The molecule has 1 aliphatic heterocycles. The van der Waals surface area contributed by atoms with Crippen LogP contribution < -0.4 is 24.6 Å². The number of rotatable bonds is 9. The highest BCUT2D eigenvalue weighted by molar-refractivity contribution is 5.93. The number of anilines is 1. The van der Waals surface area contributed by atoms with Crippen molar-refractivity contribution >= 4 is 17.6 Å². The molecule has 1 aliphatic rings. The van der Waals surface area contributed by atoms with Crippen molar-refractivity contribution in [1.82, 2.24) is 0 Å². The summed E-state index contributed by atoms with van der Waals surface area (Å²) in [5, 5.41) is 2.90. The van der Waals surface area contributed by atoms with Crippen LogP contribution >= 0.6 is 0 Å². The highest BCUT2D eigenvalue weighted by atomic mass is 16.5. The number of hydrogen-bond acceptors (Lipinski definition) is 5. The van der Waals surface area contributed by atoms with Crippen molar-refractivity contribution in [1.29, 1.82) is 0 Å². The molecule has 3 N–H and O–H groups in total. The minimum absolute atomic E-state index is 0.0212. The summed E-state index contributed by atoms with van der Waals surface area (Å²) in [4.78, 5) is 26.6. The first-order valence-electron chi connectivity index (χ1n) is 10.5. The van der Waals surface area contributed by atoms with Gasteiger partial charge >= 0.3 is 5.97 Å². The van der Waals surface area contributed by atoms with E-state index < -0.39 is 5.97 Å². The molecule has 1 heterocycles. The average molecular weight is 430 g/mol. The van der Waals surface area contributed by atoms with Gasteiger partial charge in [-0.3, -0.25) is 4.79 Å². The lowest BCUT2D eigenvalue weighted by molar-refractivity contribution is -1.01. The molecule has 3 rings (SSSR count). The van der Waals surface area contributed by atoms with E-state index in [1.807, 2.05) is 24.3 Å². The highest BCUT2D eigenvalue weighted by Gasteiger charge is 2.24. The summed E-state index contributed by atoms with van der Waals surface area (Å²) < 4.78 is 15.6. The van der Waals surface area contributed by atoms with E-state index in [-0.39, 0.29) is 5.91 Å². The smallest absolute Gasteiger partial charge is 0.337 e. The summed E-state index contributed by atoms with van der Waals surface area (Å²) in [5.74, 6) is 1.25. The van der Waals surface area contributed by atoms with Crippen LogP contribution in [0.3, 0.4) is 0 Å². The fourth-order valence-corrected chi connectivity index (χ4v) is 3.61. The Kier molecular flexibility index (Phi) is 8.26. The number of hydrogen-bond donors (Lipinski definition) is 3. The summed E-state index contributed by atoms with van der Waals surface area (Å²) in [6.45, 7) is 5.98. The molecule has 0 spiro atoms. The number of carbonyl (C=O) groups excluding carboxylic acids is 2. The summed E-state index contributed by atoms with van der Waals surface area (Å²) in [5.41, 5.74) is 1.14. The van der Waals surface area contributed by atoms with Gasteiger partial charge in [-0.1, -0.05) is 0 Å². The second kappa shape index (κ2) is 11.3. The lowest BCUT2D eigenvalue weighted by Gasteiger charge is -2.29. The largest absolute Gasteiger partial charge is 0.497 e. The van der Waals surface area contributed by atoms with Gasteiger partial charge in [0.2, 0.25) is 0 Å². The molecule has 8 nitrogen and oxygen atoms in total. The maximum absolute atomic E-state index is 12.4. The molecule has 1 amide bonds. The monoisotopic (exact) mass is 429 g/mol. The predicted octanol–water partition coefficient (Wildman–Crippen LogP) is -0.717. The van der Waals surface area contributed by atoms with Crippen molar-refractivity contribution in [3.63, 3.8) is 0 Å². The molecule has 0 radical (unpaired) electrons. The predicted molar refractivity (Wildman–Crippen MR) is 116 cm³/mol. The minimum atomic E-state index is -0.392. The summed E-state index contributed by atoms with van der Waals surface area (Å²) in [7, 11) is 2.99. The van der Waals surface area contributed by atoms with E-state index >= 15 is 0 Å². The van der Waals surface area contributed by atoms with Crippen LogP contribution in [0.5, 0.6) is 11.5 Å². The van der Waals surface area contributed by atoms with Gasteiger partial charge in [-0.15, -0.1) is 0 Å². The Morgan fingerprint density at radius 3 is 2.10 bits per heavy atom. The summed E-state index contributed by atoms with van der Waals surface area (Å²) in [6, 6.07) is 14.3. The molecular weight excluding hydrogens is 398 g/mol. The van der Waals surface area contributed by atoms with E-state index in [1.54, 1.807) is 31.4 Å². The van der Waals surface area contributed by atoms with Crippen molar-refractivity contribution in [3.8, 4) is 11.5 Å². The Morgan fingerprint density at radius 2 is 1.48 bits per heavy atom. The van der Waals surface area contributed by atoms with Gasteiger partial charge in [0.15, 0.2) is 6.54 Å². The average Bonchev–Trinajstić information content (AvgIpc) is 2.80. The van der Waals surface area contributed by atoms with Crippen LogP contribution in [0.2, 0.25) is 0 Å². The van der Waals surface area contributed by atoms with Crippen LogP contribution in [0, 0.1) is 0 Å². The number of esters is 1. The van der Waals surface area contributed by atoms with Crippen molar-refractivity contribution < 1.29 is 33.6 Å². The first-order valence-corrected chi connectivity index (χ1v) is 10.5. The first kappa shape index (κ1) is 22.6. The van der Waals surface area contributed by atoms with Crippen LogP contribution in [-0.4, -0.2) is 72.0 Å². The number of benzene rings is 2. The fraction of sp³-hybridized carbons (Fsp3) is 0.391. The SMILES string of the molecule is COC(=O)c1ccc(NC(=O)C[NH+]2CC[NH+](CCOc3ccc(OC)cc3)CC2)cc1. The van der Waals surface area contributed by atoms with E-state index in [0.29, 0.717) is 24.4 Å². The minimum Gasteiger partial charge on any atom is -0.497 e. The lowest BCUT2D eigenvalue weighted by atomic mass is 10.2. The van der Waals surface area contributed by atoms with Crippen molar-refractivity contribution in [2.75, 3.05) is 65.4 Å². The van der Waals surface area contributed by atoms with E-state index in [1.165, 1.54) is 16.9 Å². The molecule has 0 atom stereocenters. The molecule has 166 valence electrons. The quantitative estimate of drug-likeness (QED) is 0.459. The van der Waals surface area contributed by atoms with E-state index in [2.05, 4.69) is 10.1 Å². The van der Waals surface area contributed by atoms with Crippen molar-refractivity contribution in [3.05, 3.63) is 54.1 Å². The third-order valence-electron chi connectivity index (χ3n) is 5.45. The van der Waals surface area contributed by atoms with Crippen LogP contribution in [0.1, 0.15) is 10.4 Å². The Bertz CT molecular complexity index is 847. The van der Waals surface area contributed by atoms with Gasteiger partial charge in [-0.25, -0.2) is 4.79 Å². The van der Waals surface area contributed by atoms with Crippen LogP contribution in [0.4, 0.5) is 5.69 Å². The Balaban J connectivity index is 1.33. The molecule has 0 aliphatic carbocycles. The Labute approximate surface area is 182 Å². The molecule has 1 saturated heterocycles. The lowest BCUT2D eigenvalue weighted by Crippen LogP contribution is -3.28. The molecular formula is C23H31N3O5+2. The zero-order chi connectivity index (χ0) is 22.1. The molecule has 8 heteroatoms. The first-order chi connectivity index (χ1) is 15.1. The second-order valence-corrected chi connectivity index (χ2v) is 7.57. The van der Waals surface area contributed by atoms with E-state index in [4.69, 9.17) is 9.47 Å². The Hall–Kier alpha value is -3.10. The van der Waals surface area contributed by atoms with Gasteiger partial charge in [0.05, 0.1) is 19.8 Å².